The van der Waals surface area contributed by atoms with Crippen LogP contribution in [0.5, 0.6) is 0 Å². The van der Waals surface area contributed by atoms with Crippen molar-refractivity contribution in [1.29, 1.82) is 0 Å². The van der Waals surface area contributed by atoms with Crippen molar-refractivity contribution in [3.63, 3.8) is 0 Å². The van der Waals surface area contributed by atoms with Gasteiger partial charge in [-0.2, -0.15) is 0 Å². The highest BCUT2D eigenvalue weighted by atomic mass is 16.5. The molecule has 0 aliphatic rings. The monoisotopic (exact) mass is 301 g/mol. The van der Waals surface area contributed by atoms with Crippen LogP contribution in [0.2, 0.25) is 0 Å². The number of carbonyl (C=O) groups is 2. The maximum atomic E-state index is 12.0. The molecule has 0 saturated carbocycles. The van der Waals surface area contributed by atoms with Crippen molar-refractivity contribution in [2.24, 2.45) is 0 Å². The quantitative estimate of drug-likeness (QED) is 0.916. The summed E-state index contributed by atoms with van der Waals surface area (Å²) in [5, 5.41) is 6.57. The molecule has 6 heteroatoms. The van der Waals surface area contributed by atoms with E-state index in [-0.39, 0.29) is 18.4 Å². The molecule has 0 unspecified atom stereocenters. The minimum Gasteiger partial charge on any atom is -0.360 e. The van der Waals surface area contributed by atoms with Gasteiger partial charge in [0.1, 0.15) is 12.3 Å². The smallest absolute Gasteiger partial charge is 0.240 e. The van der Waals surface area contributed by atoms with Crippen LogP contribution in [-0.2, 0) is 16.1 Å². The fourth-order valence-electron chi connectivity index (χ4n) is 2.06. The number of amides is 2. The third-order valence-corrected chi connectivity index (χ3v) is 3.15. The zero-order valence-corrected chi connectivity index (χ0v) is 12.9. The van der Waals surface area contributed by atoms with Gasteiger partial charge in [-0.25, -0.2) is 0 Å². The summed E-state index contributed by atoms with van der Waals surface area (Å²) >= 11 is 0. The molecule has 116 valence electrons. The SMILES string of the molecule is CC(=O)N(CC(=O)NCc1cccc(C)c1)c1cc(C)on1. The lowest BCUT2D eigenvalue weighted by atomic mass is 10.1. The fraction of sp³-hybridized carbons (Fsp3) is 0.312. The number of nitrogens with zero attached hydrogens (tertiary/aromatic N) is 2. The summed E-state index contributed by atoms with van der Waals surface area (Å²) in [5.41, 5.74) is 2.15. The molecule has 0 bridgehead atoms. The van der Waals surface area contributed by atoms with Crippen molar-refractivity contribution >= 4 is 17.6 Å². The highest BCUT2D eigenvalue weighted by Crippen LogP contribution is 2.13. The molecule has 1 N–H and O–H groups in total. The van der Waals surface area contributed by atoms with Gasteiger partial charge in [0.15, 0.2) is 5.82 Å². The normalized spacial score (nSPS) is 10.3. The molecular formula is C16H19N3O3. The maximum Gasteiger partial charge on any atom is 0.240 e. The maximum absolute atomic E-state index is 12.0. The van der Waals surface area contributed by atoms with Crippen molar-refractivity contribution in [2.75, 3.05) is 11.4 Å². The summed E-state index contributed by atoms with van der Waals surface area (Å²) in [6.07, 6.45) is 0. The minimum absolute atomic E-state index is 0.0902. The second-order valence-electron chi connectivity index (χ2n) is 5.17. The summed E-state index contributed by atoms with van der Waals surface area (Å²) in [5.74, 6) is 0.411. The van der Waals surface area contributed by atoms with Gasteiger partial charge in [-0.05, 0) is 19.4 Å². The summed E-state index contributed by atoms with van der Waals surface area (Å²) in [7, 11) is 0. The van der Waals surface area contributed by atoms with Gasteiger partial charge in [0, 0.05) is 19.5 Å². The van der Waals surface area contributed by atoms with E-state index in [1.807, 2.05) is 31.2 Å². The molecule has 0 fully saturated rings. The van der Waals surface area contributed by atoms with Gasteiger partial charge in [-0.3, -0.25) is 14.5 Å². The lowest BCUT2D eigenvalue weighted by molar-refractivity contribution is -0.123. The fourth-order valence-corrected chi connectivity index (χ4v) is 2.06. The van der Waals surface area contributed by atoms with Gasteiger partial charge >= 0.3 is 0 Å². The van der Waals surface area contributed by atoms with E-state index in [4.69, 9.17) is 4.52 Å². The number of benzene rings is 1. The number of anilines is 1. The Morgan fingerprint density at radius 2 is 2.05 bits per heavy atom. The predicted molar refractivity (Wildman–Crippen MR) is 82.3 cm³/mol. The number of rotatable bonds is 5. The lowest BCUT2D eigenvalue weighted by Crippen LogP contribution is -2.39. The Bertz CT molecular complexity index is 679. The Morgan fingerprint density at radius 1 is 1.27 bits per heavy atom. The van der Waals surface area contributed by atoms with E-state index in [1.54, 1.807) is 13.0 Å². The van der Waals surface area contributed by atoms with Gasteiger partial charge in [0.2, 0.25) is 11.8 Å². The average molecular weight is 301 g/mol. The third kappa shape index (κ3) is 4.18. The molecule has 1 heterocycles. The van der Waals surface area contributed by atoms with Crippen LogP contribution in [0.3, 0.4) is 0 Å². The minimum atomic E-state index is -0.265. The molecule has 2 rings (SSSR count). The van der Waals surface area contributed by atoms with Crippen molar-refractivity contribution < 1.29 is 14.1 Å². The molecule has 0 saturated heterocycles. The molecule has 0 radical (unpaired) electrons. The third-order valence-electron chi connectivity index (χ3n) is 3.15. The van der Waals surface area contributed by atoms with Crippen LogP contribution in [-0.4, -0.2) is 23.5 Å². The second kappa shape index (κ2) is 6.89. The average Bonchev–Trinajstić information content (AvgIpc) is 2.88. The van der Waals surface area contributed by atoms with E-state index in [0.29, 0.717) is 18.1 Å². The molecule has 2 amide bonds. The molecule has 6 nitrogen and oxygen atoms in total. The largest absolute Gasteiger partial charge is 0.360 e. The second-order valence-corrected chi connectivity index (χ2v) is 5.17. The lowest BCUT2D eigenvalue weighted by Gasteiger charge is -2.17. The molecule has 22 heavy (non-hydrogen) atoms. The number of aromatic nitrogens is 1. The van der Waals surface area contributed by atoms with Crippen LogP contribution in [0.4, 0.5) is 5.82 Å². The molecule has 0 atom stereocenters. The first kappa shape index (κ1) is 15.8. The summed E-state index contributed by atoms with van der Waals surface area (Å²) < 4.78 is 4.94. The van der Waals surface area contributed by atoms with Crippen LogP contribution in [0.25, 0.3) is 0 Å². The van der Waals surface area contributed by atoms with E-state index >= 15 is 0 Å². The number of hydrogen-bond donors (Lipinski definition) is 1. The highest BCUT2D eigenvalue weighted by molar-refractivity contribution is 5.96. The summed E-state index contributed by atoms with van der Waals surface area (Å²) in [6, 6.07) is 9.50. The van der Waals surface area contributed by atoms with Crippen molar-refractivity contribution in [2.45, 2.75) is 27.3 Å². The number of hydrogen-bond acceptors (Lipinski definition) is 4. The molecule has 0 spiro atoms. The van der Waals surface area contributed by atoms with E-state index in [0.717, 1.165) is 11.1 Å². The molecule has 2 aromatic rings. The highest BCUT2D eigenvalue weighted by Gasteiger charge is 2.18. The van der Waals surface area contributed by atoms with E-state index in [9.17, 15) is 9.59 Å². The van der Waals surface area contributed by atoms with Crippen molar-refractivity contribution in [1.82, 2.24) is 10.5 Å². The zero-order chi connectivity index (χ0) is 16.1. The first-order chi connectivity index (χ1) is 10.5. The van der Waals surface area contributed by atoms with Gasteiger partial charge in [0.25, 0.3) is 0 Å². The van der Waals surface area contributed by atoms with Crippen molar-refractivity contribution in [3.05, 3.63) is 47.2 Å². The van der Waals surface area contributed by atoms with Gasteiger partial charge in [0.05, 0.1) is 0 Å². The Morgan fingerprint density at radius 3 is 2.64 bits per heavy atom. The molecule has 0 aliphatic heterocycles. The number of carbonyl (C=O) groups excluding carboxylic acids is 2. The standard InChI is InChI=1S/C16H19N3O3/c1-11-5-4-6-14(7-11)9-17-16(21)10-19(13(3)20)15-8-12(2)22-18-15/h4-8H,9-10H2,1-3H3,(H,17,21). The topological polar surface area (TPSA) is 75.4 Å². The van der Waals surface area contributed by atoms with E-state index in [1.165, 1.54) is 11.8 Å². The summed E-state index contributed by atoms with van der Waals surface area (Å²) in [4.78, 5) is 25.0. The Labute approximate surface area is 129 Å². The van der Waals surface area contributed by atoms with E-state index < -0.39 is 0 Å². The van der Waals surface area contributed by atoms with Crippen LogP contribution in [0.15, 0.2) is 34.9 Å². The molecule has 1 aromatic heterocycles. The number of nitrogens with one attached hydrogen (secondary N) is 1. The van der Waals surface area contributed by atoms with Gasteiger partial charge in [-0.15, -0.1) is 0 Å². The van der Waals surface area contributed by atoms with Crippen LogP contribution in [0, 0.1) is 13.8 Å². The van der Waals surface area contributed by atoms with E-state index in [2.05, 4.69) is 10.5 Å². The molecule has 1 aromatic carbocycles. The van der Waals surface area contributed by atoms with Crippen molar-refractivity contribution in [3.8, 4) is 0 Å². The Hall–Kier alpha value is -2.63. The van der Waals surface area contributed by atoms with Crippen LogP contribution >= 0.6 is 0 Å². The zero-order valence-electron chi connectivity index (χ0n) is 12.9. The van der Waals surface area contributed by atoms with Gasteiger partial charge in [-0.1, -0.05) is 35.0 Å². The Balaban J connectivity index is 1.95. The predicted octanol–water partition coefficient (Wildman–Crippen LogP) is 1.96. The van der Waals surface area contributed by atoms with Gasteiger partial charge < -0.3 is 9.84 Å². The summed E-state index contributed by atoms with van der Waals surface area (Å²) in [6.45, 7) is 5.44. The first-order valence-corrected chi connectivity index (χ1v) is 6.99. The Kier molecular flexibility index (Phi) is 4.93. The van der Waals surface area contributed by atoms with Crippen LogP contribution < -0.4 is 10.2 Å². The first-order valence-electron chi connectivity index (χ1n) is 6.99. The van der Waals surface area contributed by atoms with Crippen LogP contribution in [0.1, 0.15) is 23.8 Å². The molecule has 0 aliphatic carbocycles. The molecular weight excluding hydrogens is 282 g/mol. The number of aryl methyl sites for hydroxylation is 2.